The van der Waals surface area contributed by atoms with Crippen LogP contribution in [0.2, 0.25) is 0 Å². The average molecular weight is 539 g/mol. The fourth-order valence-electron chi connectivity index (χ4n) is 7.96. The zero-order valence-electron chi connectivity index (χ0n) is 22.8. The maximum Gasteiger partial charge on any atom is 0.318 e. The summed E-state index contributed by atoms with van der Waals surface area (Å²) in [5.74, 6) is 1.06. The van der Waals surface area contributed by atoms with Crippen LogP contribution in [-0.4, -0.2) is 75.2 Å². The first-order valence-corrected chi connectivity index (χ1v) is 14.6. The molecule has 5 heterocycles. The second kappa shape index (κ2) is 9.28. The molecule has 3 saturated heterocycles. The van der Waals surface area contributed by atoms with Crippen molar-refractivity contribution in [2.75, 3.05) is 37.7 Å². The van der Waals surface area contributed by atoms with Gasteiger partial charge in [-0.2, -0.15) is 9.97 Å². The molecule has 9 heteroatoms. The Morgan fingerprint density at radius 2 is 2.03 bits per heavy atom. The van der Waals surface area contributed by atoms with E-state index in [4.69, 9.17) is 19.4 Å². The number of ether oxygens (including phenoxy) is 2. The number of nitrogens with zero attached hydrogens (tertiary/aromatic N) is 4. The molecular formula is C30H39FN4O4. The molecule has 0 radical (unpaired) electrons. The lowest BCUT2D eigenvalue weighted by molar-refractivity contribution is -0.0856. The van der Waals surface area contributed by atoms with E-state index in [0.717, 1.165) is 86.2 Å². The highest BCUT2D eigenvalue weighted by Gasteiger charge is 2.50. The Labute approximate surface area is 229 Å². The van der Waals surface area contributed by atoms with Gasteiger partial charge in [-0.25, -0.2) is 4.39 Å². The Kier molecular flexibility index (Phi) is 6.06. The predicted molar refractivity (Wildman–Crippen MR) is 144 cm³/mol. The van der Waals surface area contributed by atoms with Crippen LogP contribution in [0.15, 0.2) is 18.2 Å². The van der Waals surface area contributed by atoms with Crippen LogP contribution in [0.25, 0.3) is 0 Å². The number of aliphatic hydroxyl groups is 1. The van der Waals surface area contributed by atoms with Gasteiger partial charge in [-0.15, -0.1) is 0 Å². The Morgan fingerprint density at radius 1 is 1.15 bits per heavy atom. The van der Waals surface area contributed by atoms with Crippen LogP contribution in [0.3, 0.4) is 0 Å². The number of phenols is 1. The molecule has 8 nitrogen and oxygen atoms in total. The third-order valence-electron chi connectivity index (χ3n) is 9.81. The summed E-state index contributed by atoms with van der Waals surface area (Å²) >= 11 is 0. The number of aromatic hydroxyl groups is 1. The minimum absolute atomic E-state index is 0.276. The number of rotatable bonds is 4. The number of aromatic nitrogens is 2. The van der Waals surface area contributed by atoms with E-state index in [-0.39, 0.29) is 11.3 Å². The van der Waals surface area contributed by atoms with E-state index < -0.39 is 17.4 Å². The number of hydrogen-bond acceptors (Lipinski definition) is 8. The minimum atomic E-state index is -0.813. The molecule has 1 aliphatic carbocycles. The summed E-state index contributed by atoms with van der Waals surface area (Å²) in [5.41, 5.74) is 2.57. The van der Waals surface area contributed by atoms with Crippen molar-refractivity contribution in [3.63, 3.8) is 0 Å². The maximum atomic E-state index is 14.4. The highest BCUT2D eigenvalue weighted by Crippen LogP contribution is 2.47. The van der Waals surface area contributed by atoms with Gasteiger partial charge in [0, 0.05) is 38.0 Å². The van der Waals surface area contributed by atoms with Gasteiger partial charge in [0.2, 0.25) is 0 Å². The maximum absolute atomic E-state index is 14.4. The van der Waals surface area contributed by atoms with Crippen molar-refractivity contribution in [3.8, 4) is 11.8 Å². The molecule has 1 aromatic heterocycles. The largest absolute Gasteiger partial charge is 0.508 e. The Balaban J connectivity index is 1.24. The summed E-state index contributed by atoms with van der Waals surface area (Å²) in [6, 6.07) is 5.93. The lowest BCUT2D eigenvalue weighted by Crippen LogP contribution is -2.47. The predicted octanol–water partition coefficient (Wildman–Crippen LogP) is 3.79. The quantitative estimate of drug-likeness (QED) is 0.608. The van der Waals surface area contributed by atoms with E-state index >= 15 is 0 Å². The molecule has 2 aromatic rings. The third kappa shape index (κ3) is 4.46. The van der Waals surface area contributed by atoms with E-state index in [2.05, 4.69) is 9.80 Å². The molecule has 39 heavy (non-hydrogen) atoms. The van der Waals surface area contributed by atoms with Gasteiger partial charge in [-0.1, -0.05) is 6.07 Å². The molecule has 7 rings (SSSR count). The number of fused-ring (bicyclic) bond motifs is 4. The van der Waals surface area contributed by atoms with Crippen LogP contribution in [-0.2, 0) is 29.8 Å². The standard InChI is InChI=1S/C30H39FN4O4/c1-28(37)8-3-11-34(18-28)26-23-17-39-30(10-2-5-20-13-22(36)6-7-24(20)30)15-25(23)32-27(33-26)38-19-29-9-4-12-35(29)16-21(31)14-29/h6-7,13,21,36-37H,2-5,8-12,14-19H2,1H3/t21-,28-,29+,30?/m1/s1. The summed E-state index contributed by atoms with van der Waals surface area (Å²) in [7, 11) is 0. The van der Waals surface area contributed by atoms with Crippen molar-refractivity contribution in [2.45, 2.75) is 94.2 Å². The molecule has 4 atom stereocenters. The van der Waals surface area contributed by atoms with E-state index in [1.54, 1.807) is 6.07 Å². The normalized spacial score (nSPS) is 34.1. The molecule has 210 valence electrons. The monoisotopic (exact) mass is 538 g/mol. The lowest BCUT2D eigenvalue weighted by Gasteiger charge is -2.44. The van der Waals surface area contributed by atoms with Crippen LogP contribution in [0.4, 0.5) is 10.2 Å². The topological polar surface area (TPSA) is 91.2 Å². The van der Waals surface area contributed by atoms with Crippen molar-refractivity contribution in [3.05, 3.63) is 40.6 Å². The zero-order chi connectivity index (χ0) is 26.8. The number of hydrogen-bond donors (Lipinski definition) is 2. The first-order valence-electron chi connectivity index (χ1n) is 14.6. The van der Waals surface area contributed by atoms with Crippen LogP contribution in [0, 0.1) is 0 Å². The van der Waals surface area contributed by atoms with Crippen molar-refractivity contribution >= 4 is 5.82 Å². The zero-order valence-corrected chi connectivity index (χ0v) is 22.8. The Hall–Kier alpha value is -2.49. The van der Waals surface area contributed by atoms with Gasteiger partial charge in [0.15, 0.2) is 0 Å². The minimum Gasteiger partial charge on any atom is -0.508 e. The number of alkyl halides is 1. The van der Waals surface area contributed by atoms with Gasteiger partial charge in [0.1, 0.15) is 24.3 Å². The summed E-state index contributed by atoms with van der Waals surface area (Å²) in [6.07, 6.45) is 6.69. The second-order valence-electron chi connectivity index (χ2n) is 12.8. The average Bonchev–Trinajstić information content (AvgIpc) is 3.42. The summed E-state index contributed by atoms with van der Waals surface area (Å²) in [6.45, 7) is 5.33. The first-order chi connectivity index (χ1) is 18.7. The van der Waals surface area contributed by atoms with E-state index in [0.29, 0.717) is 45.2 Å². The number of halogens is 1. The number of phenolic OH excluding ortho intramolecular Hbond substituents is 1. The molecule has 0 bridgehead atoms. The first kappa shape index (κ1) is 25.5. The van der Waals surface area contributed by atoms with E-state index in [9.17, 15) is 14.6 Å². The second-order valence-corrected chi connectivity index (χ2v) is 12.8. The number of piperidine rings is 1. The van der Waals surface area contributed by atoms with E-state index in [1.165, 1.54) is 0 Å². The molecule has 2 N–H and O–H groups in total. The number of anilines is 1. The fraction of sp³-hybridized carbons (Fsp3) is 0.667. The Morgan fingerprint density at radius 3 is 2.90 bits per heavy atom. The summed E-state index contributed by atoms with van der Waals surface area (Å²) < 4.78 is 27.4. The SMILES string of the molecule is C[C@@]1(O)CCCN(c2nc(OC[C@@]34CCCN3C[C@H](F)C4)nc3c2COC2(CCCc4cc(O)ccc42)C3)C1. The fourth-order valence-corrected chi connectivity index (χ4v) is 7.96. The summed E-state index contributed by atoms with van der Waals surface area (Å²) in [5, 5.41) is 21.0. The highest BCUT2D eigenvalue weighted by atomic mass is 19.1. The van der Waals surface area contributed by atoms with Crippen molar-refractivity contribution in [1.82, 2.24) is 14.9 Å². The smallest absolute Gasteiger partial charge is 0.318 e. The molecule has 4 aliphatic heterocycles. The van der Waals surface area contributed by atoms with Crippen LogP contribution in [0.5, 0.6) is 11.8 Å². The van der Waals surface area contributed by atoms with Gasteiger partial charge in [-0.05, 0) is 81.7 Å². The highest BCUT2D eigenvalue weighted by molar-refractivity contribution is 5.53. The molecule has 1 aromatic carbocycles. The number of benzene rings is 1. The van der Waals surface area contributed by atoms with Crippen LogP contribution in [0.1, 0.15) is 74.3 Å². The molecular weight excluding hydrogens is 499 g/mol. The van der Waals surface area contributed by atoms with Crippen LogP contribution >= 0.6 is 0 Å². The number of aryl methyl sites for hydroxylation is 1. The van der Waals surface area contributed by atoms with Gasteiger partial charge in [0.05, 0.1) is 29.0 Å². The van der Waals surface area contributed by atoms with Crippen molar-refractivity contribution < 1.29 is 24.1 Å². The molecule has 0 saturated carbocycles. The lowest BCUT2D eigenvalue weighted by atomic mass is 9.75. The van der Waals surface area contributed by atoms with Gasteiger partial charge in [0.25, 0.3) is 0 Å². The van der Waals surface area contributed by atoms with Crippen LogP contribution < -0.4 is 9.64 Å². The van der Waals surface area contributed by atoms with Crippen molar-refractivity contribution in [1.29, 1.82) is 0 Å². The summed E-state index contributed by atoms with van der Waals surface area (Å²) in [4.78, 5) is 14.3. The third-order valence-corrected chi connectivity index (χ3v) is 9.81. The molecule has 1 unspecified atom stereocenters. The van der Waals surface area contributed by atoms with E-state index in [1.807, 2.05) is 19.1 Å². The van der Waals surface area contributed by atoms with Gasteiger partial charge < -0.3 is 24.6 Å². The molecule has 5 aliphatic rings. The van der Waals surface area contributed by atoms with Crippen molar-refractivity contribution in [2.24, 2.45) is 0 Å². The molecule has 0 amide bonds. The number of β-amino-alcohol motifs (C(OH)–C–C–N with tert-alkyl or cyclic N) is 1. The molecule has 1 spiro atoms. The van der Waals surface area contributed by atoms with Gasteiger partial charge >= 0.3 is 6.01 Å². The Bertz CT molecular complexity index is 1270. The van der Waals surface area contributed by atoms with Gasteiger partial charge in [-0.3, -0.25) is 4.90 Å². The molecule has 3 fully saturated rings.